The normalized spacial score (nSPS) is 12.2. The standard InChI is InChI=1S/C14H11F5N2O3S/c15-13(16)24-11-4-1-10(21-8-11)7-20-9-2-5-12(6-3-9)25(22,23)14(17,18)19/h1-6,8,13,20H,7H2. The van der Waals surface area contributed by atoms with E-state index in [1.807, 2.05) is 0 Å². The maximum absolute atomic E-state index is 12.4. The van der Waals surface area contributed by atoms with Gasteiger partial charge in [0, 0.05) is 5.69 Å². The molecule has 1 aromatic carbocycles. The molecule has 2 rings (SSSR count). The zero-order valence-corrected chi connectivity index (χ0v) is 13.1. The number of hydrogen-bond acceptors (Lipinski definition) is 5. The number of halogens is 5. The summed E-state index contributed by atoms with van der Waals surface area (Å²) in [6, 6.07) is 6.72. The fourth-order valence-electron chi connectivity index (χ4n) is 1.77. The van der Waals surface area contributed by atoms with Crippen molar-refractivity contribution in [2.75, 3.05) is 5.32 Å². The molecule has 5 nitrogen and oxygen atoms in total. The zero-order valence-electron chi connectivity index (χ0n) is 12.3. The second-order valence-corrected chi connectivity index (χ2v) is 6.63. The van der Waals surface area contributed by atoms with Gasteiger partial charge in [-0.3, -0.25) is 4.98 Å². The maximum Gasteiger partial charge on any atom is 0.501 e. The SMILES string of the molecule is O=S(=O)(c1ccc(NCc2ccc(OC(F)F)cn2)cc1)C(F)(F)F. The Hall–Kier alpha value is -2.43. The van der Waals surface area contributed by atoms with E-state index >= 15 is 0 Å². The lowest BCUT2D eigenvalue weighted by atomic mass is 10.3. The Morgan fingerprint density at radius 2 is 1.72 bits per heavy atom. The topological polar surface area (TPSA) is 68.3 Å². The number of rotatable bonds is 6. The van der Waals surface area contributed by atoms with Crippen LogP contribution in [0.1, 0.15) is 5.69 Å². The number of anilines is 1. The Balaban J connectivity index is 2.00. The van der Waals surface area contributed by atoms with Crippen molar-refractivity contribution >= 4 is 15.5 Å². The molecule has 0 aliphatic carbocycles. The van der Waals surface area contributed by atoms with Crippen molar-refractivity contribution in [1.82, 2.24) is 4.98 Å². The average molecular weight is 382 g/mol. The molecule has 0 radical (unpaired) electrons. The molecule has 0 unspecified atom stereocenters. The van der Waals surface area contributed by atoms with E-state index in [9.17, 15) is 30.4 Å². The first-order chi connectivity index (χ1) is 11.6. The summed E-state index contributed by atoms with van der Waals surface area (Å²) < 4.78 is 87.9. The molecule has 0 bridgehead atoms. The number of aromatic nitrogens is 1. The summed E-state index contributed by atoms with van der Waals surface area (Å²) in [5.74, 6) is -0.111. The number of hydrogen-bond donors (Lipinski definition) is 1. The Labute approximate surface area is 139 Å². The third kappa shape index (κ3) is 4.78. The molecule has 11 heteroatoms. The maximum atomic E-state index is 12.4. The van der Waals surface area contributed by atoms with Gasteiger partial charge in [-0.1, -0.05) is 0 Å². The first-order valence-electron chi connectivity index (χ1n) is 6.64. The van der Waals surface area contributed by atoms with Crippen molar-refractivity contribution in [3.05, 3.63) is 48.3 Å². The minimum absolute atomic E-state index is 0.111. The predicted molar refractivity (Wildman–Crippen MR) is 77.9 cm³/mol. The van der Waals surface area contributed by atoms with Gasteiger partial charge in [0.25, 0.3) is 9.84 Å². The van der Waals surface area contributed by atoms with Crippen molar-refractivity contribution in [1.29, 1.82) is 0 Å². The van der Waals surface area contributed by atoms with E-state index in [1.165, 1.54) is 24.3 Å². The van der Waals surface area contributed by atoms with E-state index in [2.05, 4.69) is 15.0 Å². The summed E-state index contributed by atoms with van der Waals surface area (Å²) in [5, 5.41) is 2.81. The van der Waals surface area contributed by atoms with E-state index < -0.39 is 26.9 Å². The Morgan fingerprint density at radius 1 is 1.08 bits per heavy atom. The van der Waals surface area contributed by atoms with E-state index in [0.717, 1.165) is 18.3 Å². The highest BCUT2D eigenvalue weighted by atomic mass is 32.2. The molecule has 1 heterocycles. The van der Waals surface area contributed by atoms with Gasteiger partial charge in [-0.15, -0.1) is 0 Å². The molecule has 25 heavy (non-hydrogen) atoms. The molecule has 136 valence electrons. The highest BCUT2D eigenvalue weighted by Gasteiger charge is 2.46. The van der Waals surface area contributed by atoms with Gasteiger partial charge in [-0.25, -0.2) is 8.42 Å². The summed E-state index contributed by atoms with van der Waals surface area (Å²) in [5.41, 5.74) is -4.56. The highest BCUT2D eigenvalue weighted by molar-refractivity contribution is 7.92. The molecule has 0 amide bonds. The Kier molecular flexibility index (Phi) is 5.45. The number of alkyl halides is 5. The van der Waals surface area contributed by atoms with Gasteiger partial charge in [0.1, 0.15) is 5.75 Å². The first kappa shape index (κ1) is 18.9. The molecule has 1 N–H and O–H groups in total. The minimum Gasteiger partial charge on any atom is -0.433 e. The van der Waals surface area contributed by atoms with Crippen LogP contribution in [0.15, 0.2) is 47.5 Å². The molecule has 2 aromatic rings. The van der Waals surface area contributed by atoms with Gasteiger partial charge in [0.15, 0.2) is 0 Å². The number of ether oxygens (including phenoxy) is 1. The van der Waals surface area contributed by atoms with E-state index in [1.54, 1.807) is 0 Å². The lowest BCUT2D eigenvalue weighted by Crippen LogP contribution is -2.23. The number of nitrogens with one attached hydrogen (secondary N) is 1. The summed E-state index contributed by atoms with van der Waals surface area (Å²) in [4.78, 5) is 3.01. The monoisotopic (exact) mass is 382 g/mol. The van der Waals surface area contributed by atoms with Gasteiger partial charge in [-0.05, 0) is 36.4 Å². The largest absolute Gasteiger partial charge is 0.501 e. The van der Waals surface area contributed by atoms with Crippen LogP contribution in [0.2, 0.25) is 0 Å². The second kappa shape index (κ2) is 7.21. The van der Waals surface area contributed by atoms with E-state index in [4.69, 9.17) is 0 Å². The lowest BCUT2D eigenvalue weighted by Gasteiger charge is -2.10. The van der Waals surface area contributed by atoms with Crippen LogP contribution >= 0.6 is 0 Å². The smallest absolute Gasteiger partial charge is 0.433 e. The van der Waals surface area contributed by atoms with Crippen LogP contribution in [0.3, 0.4) is 0 Å². The van der Waals surface area contributed by atoms with Crippen molar-refractivity contribution in [3.63, 3.8) is 0 Å². The Bertz CT molecular complexity index is 806. The quantitative estimate of drug-likeness (QED) is 0.774. The second-order valence-electron chi connectivity index (χ2n) is 4.69. The lowest BCUT2D eigenvalue weighted by molar-refractivity contribution is -0.0501. The van der Waals surface area contributed by atoms with Crippen molar-refractivity contribution in [2.24, 2.45) is 0 Å². The third-order valence-corrected chi connectivity index (χ3v) is 4.47. The number of nitrogens with zero attached hydrogens (tertiary/aromatic N) is 1. The molecule has 0 aliphatic rings. The molecule has 1 aromatic heterocycles. The number of sulfone groups is 1. The van der Waals surface area contributed by atoms with Gasteiger partial charge >= 0.3 is 12.1 Å². The summed E-state index contributed by atoms with van der Waals surface area (Å²) in [6.07, 6.45) is 1.10. The summed E-state index contributed by atoms with van der Waals surface area (Å²) in [7, 11) is -5.39. The molecule has 0 saturated heterocycles. The van der Waals surface area contributed by atoms with E-state index in [-0.39, 0.29) is 12.3 Å². The summed E-state index contributed by atoms with van der Waals surface area (Å²) in [6.45, 7) is -2.82. The predicted octanol–water partition coefficient (Wildman–Crippen LogP) is 3.59. The molecule has 0 spiro atoms. The van der Waals surface area contributed by atoms with Crippen LogP contribution in [0.4, 0.5) is 27.6 Å². The van der Waals surface area contributed by atoms with Crippen LogP contribution < -0.4 is 10.1 Å². The molecular formula is C14H11F5N2O3S. The van der Waals surface area contributed by atoms with Crippen LogP contribution in [-0.4, -0.2) is 25.5 Å². The molecule has 0 saturated carbocycles. The van der Waals surface area contributed by atoms with Gasteiger partial charge in [0.05, 0.1) is 23.3 Å². The van der Waals surface area contributed by atoms with Crippen LogP contribution in [0.25, 0.3) is 0 Å². The number of benzene rings is 1. The van der Waals surface area contributed by atoms with Gasteiger partial charge in [-0.2, -0.15) is 22.0 Å². The van der Waals surface area contributed by atoms with Crippen molar-refractivity contribution in [3.8, 4) is 5.75 Å². The first-order valence-corrected chi connectivity index (χ1v) is 8.13. The fourth-order valence-corrected chi connectivity index (χ4v) is 2.53. The molecule has 0 atom stereocenters. The van der Waals surface area contributed by atoms with Crippen molar-refractivity contribution in [2.45, 2.75) is 23.6 Å². The van der Waals surface area contributed by atoms with Gasteiger partial charge < -0.3 is 10.1 Å². The molecule has 0 aliphatic heterocycles. The highest BCUT2D eigenvalue weighted by Crippen LogP contribution is 2.30. The zero-order chi connectivity index (χ0) is 18.7. The van der Waals surface area contributed by atoms with E-state index in [0.29, 0.717) is 11.4 Å². The molecule has 0 fully saturated rings. The Morgan fingerprint density at radius 3 is 2.20 bits per heavy atom. The van der Waals surface area contributed by atoms with Crippen molar-refractivity contribution < 1.29 is 35.1 Å². The minimum atomic E-state index is -5.39. The number of pyridine rings is 1. The molecular weight excluding hydrogens is 371 g/mol. The van der Waals surface area contributed by atoms with Crippen LogP contribution in [-0.2, 0) is 16.4 Å². The average Bonchev–Trinajstić information content (AvgIpc) is 2.53. The van der Waals surface area contributed by atoms with Crippen LogP contribution in [0, 0.1) is 0 Å². The van der Waals surface area contributed by atoms with Gasteiger partial charge in [0.2, 0.25) is 0 Å². The van der Waals surface area contributed by atoms with Crippen LogP contribution in [0.5, 0.6) is 5.75 Å². The fraction of sp³-hybridized carbons (Fsp3) is 0.214. The third-order valence-electron chi connectivity index (χ3n) is 2.97. The summed E-state index contributed by atoms with van der Waals surface area (Å²) >= 11 is 0.